The molecule has 0 saturated carbocycles. The van der Waals surface area contributed by atoms with Crippen molar-refractivity contribution in [3.63, 3.8) is 0 Å². The van der Waals surface area contributed by atoms with Crippen LogP contribution in [0.1, 0.15) is 39.5 Å². The number of amides is 1. The van der Waals surface area contributed by atoms with Gasteiger partial charge in [-0.3, -0.25) is 4.79 Å². The Kier molecular flexibility index (Phi) is 5.53. The van der Waals surface area contributed by atoms with Crippen molar-refractivity contribution in [2.45, 2.75) is 39.5 Å². The summed E-state index contributed by atoms with van der Waals surface area (Å²) in [5, 5.41) is 12.4. The molecule has 0 heterocycles. The number of phenolic OH excluding ortho intramolecular Hbond substituents is 1. The monoisotopic (exact) mass is 235 g/mol. The van der Waals surface area contributed by atoms with Crippen LogP contribution >= 0.6 is 0 Å². The molecule has 0 aromatic heterocycles. The average molecular weight is 235 g/mol. The molecular formula is C14H21NO2. The predicted molar refractivity (Wildman–Crippen MR) is 70.0 cm³/mol. The van der Waals surface area contributed by atoms with Gasteiger partial charge < -0.3 is 10.4 Å². The molecule has 0 bridgehead atoms. The van der Waals surface area contributed by atoms with E-state index in [-0.39, 0.29) is 17.6 Å². The highest BCUT2D eigenvalue weighted by Gasteiger charge is 2.16. The van der Waals surface area contributed by atoms with Gasteiger partial charge in [0.05, 0.1) is 5.69 Å². The van der Waals surface area contributed by atoms with Crippen LogP contribution in [0.25, 0.3) is 0 Å². The van der Waals surface area contributed by atoms with Gasteiger partial charge in [0.15, 0.2) is 0 Å². The number of nitrogens with one attached hydrogen (secondary N) is 1. The third-order valence-corrected chi connectivity index (χ3v) is 2.93. The fraction of sp³-hybridized carbons (Fsp3) is 0.500. The maximum absolute atomic E-state index is 12.0. The van der Waals surface area contributed by atoms with Crippen LogP contribution in [-0.4, -0.2) is 11.0 Å². The zero-order valence-corrected chi connectivity index (χ0v) is 10.6. The molecule has 0 fully saturated rings. The number of benzene rings is 1. The number of carbonyl (C=O) groups excluding carboxylic acids is 1. The van der Waals surface area contributed by atoms with Crippen LogP contribution in [0.2, 0.25) is 0 Å². The molecule has 1 aromatic carbocycles. The summed E-state index contributed by atoms with van der Waals surface area (Å²) in [5.74, 6) is 0.156. The summed E-state index contributed by atoms with van der Waals surface area (Å²) in [6, 6.07) is 6.81. The van der Waals surface area contributed by atoms with Crippen molar-refractivity contribution in [2.24, 2.45) is 5.92 Å². The molecule has 0 aliphatic rings. The fourth-order valence-corrected chi connectivity index (χ4v) is 1.79. The highest BCUT2D eigenvalue weighted by molar-refractivity contribution is 5.93. The fourth-order valence-electron chi connectivity index (χ4n) is 1.79. The largest absolute Gasteiger partial charge is 0.506 e. The number of rotatable bonds is 6. The number of aromatic hydroxyl groups is 1. The van der Waals surface area contributed by atoms with Gasteiger partial charge in [-0.1, -0.05) is 38.8 Å². The molecule has 1 amide bonds. The maximum atomic E-state index is 12.0. The molecule has 1 atom stereocenters. The maximum Gasteiger partial charge on any atom is 0.227 e. The standard InChI is InChI=1S/C14H21NO2/c1-3-5-8-11(4-2)14(17)15-12-9-6-7-10-13(12)16/h6-7,9-11,16H,3-5,8H2,1-2H3,(H,15,17). The number of carbonyl (C=O) groups is 1. The predicted octanol–water partition coefficient (Wildman–Crippen LogP) is 3.55. The second kappa shape index (κ2) is 6.94. The van der Waals surface area contributed by atoms with Crippen LogP contribution in [0.3, 0.4) is 0 Å². The molecule has 1 rings (SSSR count). The summed E-state index contributed by atoms with van der Waals surface area (Å²) in [4.78, 5) is 12.0. The lowest BCUT2D eigenvalue weighted by atomic mass is 9.98. The molecule has 17 heavy (non-hydrogen) atoms. The van der Waals surface area contributed by atoms with Gasteiger partial charge in [0, 0.05) is 5.92 Å². The van der Waals surface area contributed by atoms with Crippen molar-refractivity contribution >= 4 is 11.6 Å². The van der Waals surface area contributed by atoms with Crippen molar-refractivity contribution in [1.29, 1.82) is 0 Å². The molecule has 3 nitrogen and oxygen atoms in total. The second-order valence-electron chi connectivity index (χ2n) is 4.25. The number of para-hydroxylation sites is 2. The Labute approximate surface area is 103 Å². The van der Waals surface area contributed by atoms with E-state index in [1.807, 2.05) is 6.92 Å². The molecule has 0 saturated heterocycles. The highest BCUT2D eigenvalue weighted by Crippen LogP contribution is 2.23. The van der Waals surface area contributed by atoms with Crippen molar-refractivity contribution < 1.29 is 9.90 Å². The topological polar surface area (TPSA) is 49.3 Å². The van der Waals surface area contributed by atoms with Crippen molar-refractivity contribution in [1.82, 2.24) is 0 Å². The minimum atomic E-state index is 0.00227. The van der Waals surface area contributed by atoms with E-state index < -0.39 is 0 Å². The lowest BCUT2D eigenvalue weighted by molar-refractivity contribution is -0.120. The molecule has 0 radical (unpaired) electrons. The molecule has 0 aliphatic heterocycles. The van der Waals surface area contributed by atoms with E-state index in [4.69, 9.17) is 0 Å². The number of hydrogen-bond acceptors (Lipinski definition) is 2. The van der Waals surface area contributed by atoms with E-state index in [1.165, 1.54) is 0 Å². The summed E-state index contributed by atoms with van der Waals surface area (Å²) in [7, 11) is 0. The minimum absolute atomic E-state index is 0.00227. The van der Waals surface area contributed by atoms with E-state index in [1.54, 1.807) is 24.3 Å². The average Bonchev–Trinajstić information content (AvgIpc) is 2.33. The summed E-state index contributed by atoms with van der Waals surface area (Å²) < 4.78 is 0. The first kappa shape index (κ1) is 13.6. The van der Waals surface area contributed by atoms with Crippen molar-refractivity contribution in [2.75, 3.05) is 5.32 Å². The molecular weight excluding hydrogens is 214 g/mol. The number of unbranched alkanes of at least 4 members (excludes halogenated alkanes) is 1. The Morgan fingerprint density at radius 1 is 1.35 bits per heavy atom. The Morgan fingerprint density at radius 3 is 2.65 bits per heavy atom. The van der Waals surface area contributed by atoms with E-state index in [2.05, 4.69) is 12.2 Å². The van der Waals surface area contributed by atoms with E-state index in [9.17, 15) is 9.90 Å². The Bertz CT molecular complexity index is 363. The van der Waals surface area contributed by atoms with Crippen LogP contribution in [0.15, 0.2) is 24.3 Å². The third-order valence-electron chi connectivity index (χ3n) is 2.93. The number of hydrogen-bond donors (Lipinski definition) is 2. The van der Waals surface area contributed by atoms with Gasteiger partial charge in [-0.2, -0.15) is 0 Å². The molecule has 3 heteroatoms. The first-order valence-electron chi connectivity index (χ1n) is 6.27. The molecule has 0 spiro atoms. The van der Waals surface area contributed by atoms with Crippen LogP contribution in [-0.2, 0) is 4.79 Å². The highest BCUT2D eigenvalue weighted by atomic mass is 16.3. The zero-order chi connectivity index (χ0) is 12.7. The Morgan fingerprint density at radius 2 is 2.06 bits per heavy atom. The molecule has 0 aliphatic carbocycles. The molecule has 2 N–H and O–H groups in total. The lowest BCUT2D eigenvalue weighted by Gasteiger charge is -2.15. The normalized spacial score (nSPS) is 12.1. The number of anilines is 1. The smallest absolute Gasteiger partial charge is 0.227 e. The quantitative estimate of drug-likeness (QED) is 0.741. The van der Waals surface area contributed by atoms with E-state index in [0.29, 0.717) is 5.69 Å². The van der Waals surface area contributed by atoms with Gasteiger partial charge in [0.1, 0.15) is 5.75 Å². The van der Waals surface area contributed by atoms with Gasteiger partial charge in [0.25, 0.3) is 0 Å². The Balaban J connectivity index is 2.61. The molecule has 94 valence electrons. The van der Waals surface area contributed by atoms with Crippen molar-refractivity contribution in [3.05, 3.63) is 24.3 Å². The summed E-state index contributed by atoms with van der Waals surface area (Å²) >= 11 is 0. The SMILES string of the molecule is CCCCC(CC)C(=O)Nc1ccccc1O. The van der Waals surface area contributed by atoms with Crippen LogP contribution in [0.5, 0.6) is 5.75 Å². The first-order valence-corrected chi connectivity index (χ1v) is 6.27. The second-order valence-corrected chi connectivity index (χ2v) is 4.25. The van der Waals surface area contributed by atoms with Crippen molar-refractivity contribution in [3.8, 4) is 5.75 Å². The molecule has 1 aromatic rings. The van der Waals surface area contributed by atoms with Crippen LogP contribution in [0.4, 0.5) is 5.69 Å². The first-order chi connectivity index (χ1) is 8.19. The zero-order valence-electron chi connectivity index (χ0n) is 10.6. The third kappa shape index (κ3) is 4.10. The van der Waals surface area contributed by atoms with Crippen LogP contribution in [0, 0.1) is 5.92 Å². The lowest BCUT2D eigenvalue weighted by Crippen LogP contribution is -2.22. The minimum Gasteiger partial charge on any atom is -0.506 e. The van der Waals surface area contributed by atoms with Gasteiger partial charge in [-0.05, 0) is 25.0 Å². The number of phenols is 1. The summed E-state index contributed by atoms with van der Waals surface area (Å²) in [6.45, 7) is 4.14. The van der Waals surface area contributed by atoms with Gasteiger partial charge in [0.2, 0.25) is 5.91 Å². The van der Waals surface area contributed by atoms with Gasteiger partial charge in [-0.25, -0.2) is 0 Å². The summed E-state index contributed by atoms with van der Waals surface area (Å²) in [5.41, 5.74) is 0.493. The van der Waals surface area contributed by atoms with E-state index in [0.717, 1.165) is 25.7 Å². The van der Waals surface area contributed by atoms with Crippen LogP contribution < -0.4 is 5.32 Å². The van der Waals surface area contributed by atoms with Gasteiger partial charge in [-0.15, -0.1) is 0 Å². The van der Waals surface area contributed by atoms with Gasteiger partial charge >= 0.3 is 0 Å². The van der Waals surface area contributed by atoms with E-state index >= 15 is 0 Å². The Hall–Kier alpha value is -1.51. The molecule has 1 unspecified atom stereocenters. The summed E-state index contributed by atoms with van der Waals surface area (Å²) in [6.07, 6.45) is 3.90.